The van der Waals surface area contributed by atoms with Gasteiger partial charge in [-0.05, 0) is 77.0 Å². The van der Waals surface area contributed by atoms with Gasteiger partial charge in [-0.15, -0.1) is 0 Å². The normalized spacial score (nSPS) is 13.1. The van der Waals surface area contributed by atoms with Crippen LogP contribution in [-0.2, 0) is 33.3 Å². The Morgan fingerprint density at radius 1 is 0.313 bits per heavy atom. The number of rotatable bonds is 79. The highest BCUT2D eigenvalue weighted by atomic mass is 16.7. The van der Waals surface area contributed by atoms with Crippen LogP contribution in [0.3, 0.4) is 0 Å². The molecule has 0 aromatic carbocycles. The van der Waals surface area contributed by atoms with Gasteiger partial charge >= 0.3 is 11.9 Å². The van der Waals surface area contributed by atoms with E-state index in [9.17, 15) is 19.5 Å². The average molecular weight is 1390 g/mol. The summed E-state index contributed by atoms with van der Waals surface area (Å²) in [6, 6.07) is 0. The van der Waals surface area contributed by atoms with Crippen LogP contribution in [0, 0.1) is 0 Å². The predicted molar refractivity (Wildman–Crippen MR) is 426 cm³/mol. The summed E-state index contributed by atoms with van der Waals surface area (Å²) in [5.41, 5.74) is 0. The molecule has 0 saturated heterocycles. The first-order valence-electron chi connectivity index (χ1n) is 42.4. The van der Waals surface area contributed by atoms with Gasteiger partial charge in [-0.3, -0.25) is 9.59 Å². The number of esters is 2. The first-order valence-corrected chi connectivity index (χ1v) is 42.4. The highest BCUT2D eigenvalue weighted by Crippen LogP contribution is 2.20. The summed E-state index contributed by atoms with van der Waals surface area (Å²) >= 11 is 0. The van der Waals surface area contributed by atoms with Crippen molar-refractivity contribution >= 4 is 17.9 Å². The molecule has 0 aliphatic rings. The number of unbranched alkanes of at least 4 members (excludes halogenated alkanes) is 48. The quantitative estimate of drug-likeness (QED) is 0.0195. The molecule has 0 spiro atoms. The van der Waals surface area contributed by atoms with Gasteiger partial charge in [0.1, 0.15) is 13.2 Å². The molecule has 0 heterocycles. The highest BCUT2D eigenvalue weighted by molar-refractivity contribution is 5.70. The molecule has 0 saturated carbocycles. The monoisotopic (exact) mass is 1380 g/mol. The molecule has 0 aliphatic carbocycles. The van der Waals surface area contributed by atoms with Crippen molar-refractivity contribution in [2.75, 3.05) is 47.5 Å². The molecule has 0 bridgehead atoms. The van der Waals surface area contributed by atoms with Crippen LogP contribution >= 0.6 is 0 Å². The largest absolute Gasteiger partial charge is 0.545 e. The fourth-order valence-corrected chi connectivity index (χ4v) is 12.4. The van der Waals surface area contributed by atoms with Crippen LogP contribution in [0.4, 0.5) is 0 Å². The number of carbonyl (C=O) groups is 3. The Morgan fingerprint density at radius 2 is 0.576 bits per heavy atom. The lowest BCUT2D eigenvalue weighted by Gasteiger charge is -2.26. The van der Waals surface area contributed by atoms with Crippen molar-refractivity contribution in [3.63, 3.8) is 0 Å². The van der Waals surface area contributed by atoms with Gasteiger partial charge in [0, 0.05) is 12.8 Å². The van der Waals surface area contributed by atoms with Gasteiger partial charge in [-0.2, -0.15) is 0 Å². The predicted octanol–water partition coefficient (Wildman–Crippen LogP) is 26.2. The Kier molecular flexibility index (Phi) is 76.8. The van der Waals surface area contributed by atoms with E-state index in [4.69, 9.17) is 18.9 Å². The minimum atomic E-state index is -1.63. The number of hydrogen-bond donors (Lipinski definition) is 0. The topological polar surface area (TPSA) is 111 Å². The minimum absolute atomic E-state index is 0.145. The second-order valence-electron chi connectivity index (χ2n) is 29.8. The van der Waals surface area contributed by atoms with Crippen LogP contribution < -0.4 is 5.11 Å². The van der Waals surface area contributed by atoms with E-state index >= 15 is 0 Å². The number of carbonyl (C=O) groups excluding carboxylic acids is 3. The third-order valence-electron chi connectivity index (χ3n) is 18.8. The van der Waals surface area contributed by atoms with E-state index in [2.05, 4.69) is 111 Å². The van der Waals surface area contributed by atoms with Crippen LogP contribution in [-0.4, -0.2) is 82.3 Å². The van der Waals surface area contributed by atoms with Gasteiger partial charge in [0.05, 0.1) is 40.3 Å². The van der Waals surface area contributed by atoms with Crippen molar-refractivity contribution in [3.05, 3.63) is 97.2 Å². The molecule has 9 nitrogen and oxygen atoms in total. The van der Waals surface area contributed by atoms with E-state index in [0.29, 0.717) is 23.9 Å². The lowest BCUT2D eigenvalue weighted by molar-refractivity contribution is -0.870. The number of aliphatic carboxylic acids is 1. The van der Waals surface area contributed by atoms with Gasteiger partial charge in [0.15, 0.2) is 12.4 Å². The third-order valence-corrected chi connectivity index (χ3v) is 18.8. The number of ether oxygens (including phenoxy) is 4. The van der Waals surface area contributed by atoms with E-state index in [0.717, 1.165) is 96.3 Å². The summed E-state index contributed by atoms with van der Waals surface area (Å²) in [5, 5.41) is 11.9. The van der Waals surface area contributed by atoms with Gasteiger partial charge in [0.2, 0.25) is 0 Å². The maximum atomic E-state index is 13.0. The van der Waals surface area contributed by atoms with E-state index in [1.165, 1.54) is 270 Å². The average Bonchev–Trinajstić information content (AvgIpc) is 1.16. The maximum Gasteiger partial charge on any atom is 0.306 e. The summed E-state index contributed by atoms with van der Waals surface area (Å²) in [5.74, 6) is -2.27. The SMILES string of the molecule is CC/C=C\C/C=C\C/C=C\C/C=C\C/C=C\C/C=C\C/C=C\C/C=C\CCCCCCCCCCCCC(=O)OC(COC(=O)CCCCCCCCCCCCCCCCCCCCCCCCCCCCCCCCCCCCCCCCC)COC(OCC[N+](C)(C)C)C(=O)[O-]. The summed E-state index contributed by atoms with van der Waals surface area (Å²) in [4.78, 5) is 37.6. The second-order valence-corrected chi connectivity index (χ2v) is 29.8. The number of carboxylic acids is 1. The second kappa shape index (κ2) is 79.9. The van der Waals surface area contributed by atoms with Crippen LogP contribution in [0.2, 0.25) is 0 Å². The van der Waals surface area contributed by atoms with E-state index in [1.54, 1.807) is 0 Å². The minimum Gasteiger partial charge on any atom is -0.545 e. The Hall–Kier alpha value is -3.79. The Balaban J connectivity index is 3.99. The summed E-state index contributed by atoms with van der Waals surface area (Å²) in [6.07, 6.45) is 108. The van der Waals surface area contributed by atoms with Crippen molar-refractivity contribution in [2.45, 2.75) is 411 Å². The number of hydrogen-bond acceptors (Lipinski definition) is 8. The van der Waals surface area contributed by atoms with Crippen molar-refractivity contribution in [2.24, 2.45) is 0 Å². The number of carboxylic acid groups (broad SMARTS) is 1. The van der Waals surface area contributed by atoms with Crippen molar-refractivity contribution in [1.29, 1.82) is 0 Å². The van der Waals surface area contributed by atoms with E-state index in [1.807, 2.05) is 21.1 Å². The zero-order valence-electron chi connectivity index (χ0n) is 65.9. The lowest BCUT2D eigenvalue weighted by atomic mass is 10.0. The maximum absolute atomic E-state index is 13.0. The van der Waals surface area contributed by atoms with Gasteiger partial charge in [-0.1, -0.05) is 406 Å². The van der Waals surface area contributed by atoms with Crippen LogP contribution in [0.1, 0.15) is 399 Å². The van der Waals surface area contributed by atoms with Gasteiger partial charge < -0.3 is 33.3 Å². The molecule has 0 aromatic rings. The molecular weight excluding hydrogens is 1220 g/mol. The first kappa shape index (κ1) is 95.2. The zero-order valence-corrected chi connectivity index (χ0v) is 65.9. The van der Waals surface area contributed by atoms with Gasteiger partial charge in [-0.25, -0.2) is 0 Å². The lowest BCUT2D eigenvalue weighted by Crippen LogP contribution is -2.44. The van der Waals surface area contributed by atoms with Crippen LogP contribution in [0.5, 0.6) is 0 Å². The van der Waals surface area contributed by atoms with Gasteiger partial charge in [0.25, 0.3) is 0 Å². The van der Waals surface area contributed by atoms with Crippen molar-refractivity contribution < 1.29 is 42.9 Å². The fourth-order valence-electron chi connectivity index (χ4n) is 12.4. The molecule has 0 N–H and O–H groups in total. The molecule has 574 valence electrons. The number of likely N-dealkylation sites (N-methyl/N-ethyl adjacent to an activating group) is 1. The molecule has 0 rings (SSSR count). The molecular formula is C90H161NO8. The Labute approximate surface area is 613 Å². The number of quaternary nitrogens is 1. The van der Waals surface area contributed by atoms with Crippen molar-refractivity contribution in [3.8, 4) is 0 Å². The molecule has 0 fully saturated rings. The van der Waals surface area contributed by atoms with Crippen molar-refractivity contribution in [1.82, 2.24) is 0 Å². The Bertz CT molecular complexity index is 1960. The molecule has 0 aromatic heterocycles. The molecule has 2 unspecified atom stereocenters. The highest BCUT2D eigenvalue weighted by Gasteiger charge is 2.22. The first-order chi connectivity index (χ1) is 48.6. The summed E-state index contributed by atoms with van der Waals surface area (Å²) in [7, 11) is 5.94. The smallest absolute Gasteiger partial charge is 0.306 e. The molecule has 99 heavy (non-hydrogen) atoms. The number of nitrogens with zero attached hydrogens (tertiary/aromatic N) is 1. The molecule has 9 heteroatoms. The molecule has 2 atom stereocenters. The fraction of sp³-hybridized carbons (Fsp3) is 0.789. The van der Waals surface area contributed by atoms with Crippen LogP contribution in [0.25, 0.3) is 0 Å². The van der Waals surface area contributed by atoms with Crippen LogP contribution in [0.15, 0.2) is 97.2 Å². The number of allylic oxidation sites excluding steroid dienone is 16. The Morgan fingerprint density at radius 3 is 0.859 bits per heavy atom. The standard InChI is InChI=1S/C90H161NO8/c1-6-8-10-12-14-16-18-20-22-24-26-28-30-32-34-36-38-40-42-43-44-45-47-48-50-52-54-56-58-60-62-64-66-68-70-72-74-76-78-80-87(92)97-84-86(85-98-90(89(94)95)96-83-82-91(3,4)5)99-88(93)81-79-77-75-73-71-69-67-65-63-61-59-57-55-53-51-49-46-41-39-37-35-33-31-29-27-25-23-21-19-17-15-13-11-9-7-2/h9,11,15,17,21,23,27,29,33,35,39,41,49,51,55,57,86,90H,6-8,10,12-14,16,18-20,22,24-26,28,30-32,34,36-38,40,42-48,50,52-54,56,58-85H2,1-5H3/b11-9-,17-15-,23-21-,29-27-,35-33-,41-39-,51-49-,57-55-. The van der Waals surface area contributed by atoms with E-state index in [-0.39, 0.29) is 32.2 Å². The zero-order chi connectivity index (χ0) is 71.8. The third kappa shape index (κ3) is 81.4. The summed E-state index contributed by atoms with van der Waals surface area (Å²) in [6.45, 7) is 4.68. The summed E-state index contributed by atoms with van der Waals surface area (Å²) < 4.78 is 22.9. The van der Waals surface area contributed by atoms with E-state index < -0.39 is 24.3 Å². The molecule has 0 amide bonds. The molecule has 0 aliphatic heterocycles. The molecule has 0 radical (unpaired) electrons.